The Morgan fingerprint density at radius 2 is 1.72 bits per heavy atom. The number of halogens is 1. The third-order valence-electron chi connectivity index (χ3n) is 4.32. The topological polar surface area (TPSA) is 32.8 Å². The van der Waals surface area contributed by atoms with Crippen molar-refractivity contribution in [2.24, 2.45) is 0 Å². The normalized spacial score (nSPS) is 14.8. The number of benzene rings is 2. The van der Waals surface area contributed by atoms with Gasteiger partial charge in [-0.2, -0.15) is 0 Å². The van der Waals surface area contributed by atoms with Gasteiger partial charge in [-0.15, -0.1) is 0 Å². The van der Waals surface area contributed by atoms with E-state index in [-0.39, 0.29) is 11.7 Å². The van der Waals surface area contributed by atoms with Crippen molar-refractivity contribution < 1.29 is 13.9 Å². The number of nitrogens with zero attached hydrogens (tertiary/aromatic N) is 2. The van der Waals surface area contributed by atoms with Crippen LogP contribution in [-0.4, -0.2) is 44.1 Å². The van der Waals surface area contributed by atoms with Crippen LogP contribution in [0.1, 0.15) is 5.56 Å². The van der Waals surface area contributed by atoms with Crippen molar-refractivity contribution in [2.75, 3.05) is 38.2 Å². The lowest BCUT2D eigenvalue weighted by Gasteiger charge is -2.35. The molecular weight excluding hydrogens is 319 g/mol. The third kappa shape index (κ3) is 4.18. The van der Waals surface area contributed by atoms with E-state index in [0.29, 0.717) is 31.9 Å². The van der Waals surface area contributed by atoms with E-state index in [1.54, 1.807) is 36.3 Å². The van der Waals surface area contributed by atoms with Crippen LogP contribution in [0.2, 0.25) is 0 Å². The smallest absolute Gasteiger partial charge is 0.246 e. The molecule has 0 unspecified atom stereocenters. The molecule has 5 heteroatoms. The Bertz CT molecular complexity index is 751. The summed E-state index contributed by atoms with van der Waals surface area (Å²) >= 11 is 0. The zero-order valence-electron chi connectivity index (χ0n) is 14.2. The Kier molecular flexibility index (Phi) is 5.33. The lowest BCUT2D eigenvalue weighted by Crippen LogP contribution is -2.48. The Hall–Kier alpha value is -2.82. The number of carbonyl (C=O) groups excluding carboxylic acids is 1. The second-order valence-corrected chi connectivity index (χ2v) is 5.87. The maximum atomic E-state index is 13.9. The van der Waals surface area contributed by atoms with E-state index < -0.39 is 0 Å². The maximum absolute atomic E-state index is 13.9. The Morgan fingerprint density at radius 1 is 1.04 bits per heavy atom. The molecule has 1 aliphatic rings. The molecule has 0 spiro atoms. The molecule has 0 aliphatic carbocycles. The van der Waals surface area contributed by atoms with E-state index in [1.807, 2.05) is 35.2 Å². The number of rotatable bonds is 4. The minimum absolute atomic E-state index is 0.0241. The van der Waals surface area contributed by atoms with Gasteiger partial charge in [0.15, 0.2) is 0 Å². The van der Waals surface area contributed by atoms with Crippen molar-refractivity contribution in [3.63, 3.8) is 0 Å². The van der Waals surface area contributed by atoms with Gasteiger partial charge in [0.2, 0.25) is 5.91 Å². The number of hydrogen-bond donors (Lipinski definition) is 0. The van der Waals surface area contributed by atoms with Crippen LogP contribution < -0.4 is 9.64 Å². The molecule has 0 aromatic heterocycles. The summed E-state index contributed by atoms with van der Waals surface area (Å²) in [7, 11) is 1.62. The van der Waals surface area contributed by atoms with Crippen molar-refractivity contribution in [3.8, 4) is 5.75 Å². The summed E-state index contributed by atoms with van der Waals surface area (Å²) in [4.78, 5) is 16.1. The average molecular weight is 340 g/mol. The molecule has 0 radical (unpaired) electrons. The molecule has 130 valence electrons. The quantitative estimate of drug-likeness (QED) is 0.802. The van der Waals surface area contributed by atoms with Gasteiger partial charge in [-0.3, -0.25) is 4.79 Å². The van der Waals surface area contributed by atoms with E-state index in [9.17, 15) is 9.18 Å². The molecule has 1 fully saturated rings. The summed E-state index contributed by atoms with van der Waals surface area (Å²) in [6.07, 6.45) is 3.38. The molecule has 0 saturated carbocycles. The first-order chi connectivity index (χ1) is 12.2. The number of anilines is 1. The van der Waals surface area contributed by atoms with Crippen LogP contribution in [0.15, 0.2) is 54.6 Å². The zero-order valence-corrected chi connectivity index (χ0v) is 14.2. The minimum Gasteiger partial charge on any atom is -0.497 e. The summed E-state index contributed by atoms with van der Waals surface area (Å²) in [5, 5.41) is 0. The number of ether oxygens (including phenoxy) is 1. The van der Waals surface area contributed by atoms with Gasteiger partial charge in [0.25, 0.3) is 0 Å². The second kappa shape index (κ2) is 7.83. The van der Waals surface area contributed by atoms with Gasteiger partial charge in [-0.1, -0.05) is 24.3 Å². The highest BCUT2D eigenvalue weighted by atomic mass is 19.1. The predicted octanol–water partition coefficient (Wildman–Crippen LogP) is 3.20. The van der Waals surface area contributed by atoms with E-state index in [4.69, 9.17) is 4.74 Å². The van der Waals surface area contributed by atoms with Crippen LogP contribution in [0.5, 0.6) is 5.75 Å². The first kappa shape index (κ1) is 17.0. The molecule has 0 atom stereocenters. The van der Waals surface area contributed by atoms with E-state index in [0.717, 1.165) is 11.3 Å². The van der Waals surface area contributed by atoms with Crippen molar-refractivity contribution in [1.82, 2.24) is 4.90 Å². The summed E-state index contributed by atoms with van der Waals surface area (Å²) in [6.45, 7) is 2.42. The fourth-order valence-electron chi connectivity index (χ4n) is 2.86. The summed E-state index contributed by atoms with van der Waals surface area (Å²) in [5.74, 6) is 0.540. The van der Waals surface area contributed by atoms with Crippen molar-refractivity contribution in [3.05, 3.63) is 66.0 Å². The average Bonchev–Trinajstić information content (AvgIpc) is 2.67. The Balaban J connectivity index is 1.56. The van der Waals surface area contributed by atoms with Gasteiger partial charge >= 0.3 is 0 Å². The predicted molar refractivity (Wildman–Crippen MR) is 97.2 cm³/mol. The van der Waals surface area contributed by atoms with Gasteiger partial charge in [-0.05, 0) is 35.9 Å². The fourth-order valence-corrected chi connectivity index (χ4v) is 2.86. The monoisotopic (exact) mass is 340 g/mol. The zero-order chi connectivity index (χ0) is 17.6. The number of para-hydroxylation sites is 1. The second-order valence-electron chi connectivity index (χ2n) is 5.87. The van der Waals surface area contributed by atoms with Gasteiger partial charge in [0, 0.05) is 32.3 Å². The Labute approximate surface area is 147 Å². The molecular formula is C20H21FN2O2. The minimum atomic E-state index is -0.221. The summed E-state index contributed by atoms with van der Waals surface area (Å²) in [5.41, 5.74) is 1.54. The van der Waals surface area contributed by atoms with Crippen molar-refractivity contribution >= 4 is 17.7 Å². The number of carbonyl (C=O) groups is 1. The molecule has 2 aromatic rings. The maximum Gasteiger partial charge on any atom is 0.246 e. The molecule has 1 amide bonds. The van der Waals surface area contributed by atoms with Gasteiger partial charge in [0.05, 0.1) is 12.8 Å². The lowest BCUT2D eigenvalue weighted by atomic mass is 10.2. The van der Waals surface area contributed by atoms with E-state index in [1.165, 1.54) is 6.07 Å². The highest BCUT2D eigenvalue weighted by molar-refractivity contribution is 5.92. The molecule has 1 heterocycles. The number of amides is 1. The number of methoxy groups -OCH3 is 1. The summed E-state index contributed by atoms with van der Waals surface area (Å²) in [6, 6.07) is 14.3. The molecule has 2 aromatic carbocycles. The van der Waals surface area contributed by atoms with Crippen LogP contribution in [0, 0.1) is 5.82 Å². The SMILES string of the molecule is COc1ccc(C=CC(=O)N2CCN(c3ccccc3F)CC2)cc1. The Morgan fingerprint density at radius 3 is 2.36 bits per heavy atom. The largest absolute Gasteiger partial charge is 0.497 e. The molecule has 4 nitrogen and oxygen atoms in total. The summed E-state index contributed by atoms with van der Waals surface area (Å²) < 4.78 is 19.0. The third-order valence-corrected chi connectivity index (χ3v) is 4.32. The molecule has 1 aliphatic heterocycles. The fraction of sp³-hybridized carbons (Fsp3) is 0.250. The highest BCUT2D eigenvalue weighted by Gasteiger charge is 2.21. The van der Waals surface area contributed by atoms with Crippen LogP contribution in [0.25, 0.3) is 6.08 Å². The molecule has 1 saturated heterocycles. The standard InChI is InChI=1S/C20H21FN2O2/c1-25-17-9-6-16(7-10-17)8-11-20(24)23-14-12-22(13-15-23)19-5-3-2-4-18(19)21/h2-11H,12-15H2,1H3. The van der Waals surface area contributed by atoms with Crippen molar-refractivity contribution in [2.45, 2.75) is 0 Å². The molecule has 0 bridgehead atoms. The number of hydrogen-bond acceptors (Lipinski definition) is 3. The molecule has 3 rings (SSSR count). The van der Waals surface area contributed by atoms with Gasteiger partial charge < -0.3 is 14.5 Å². The molecule has 25 heavy (non-hydrogen) atoms. The van der Waals surface area contributed by atoms with Crippen LogP contribution >= 0.6 is 0 Å². The first-order valence-electron chi connectivity index (χ1n) is 8.28. The van der Waals surface area contributed by atoms with Crippen LogP contribution in [0.4, 0.5) is 10.1 Å². The van der Waals surface area contributed by atoms with E-state index >= 15 is 0 Å². The van der Waals surface area contributed by atoms with Gasteiger partial charge in [0.1, 0.15) is 11.6 Å². The number of piperazine rings is 1. The van der Waals surface area contributed by atoms with Crippen LogP contribution in [0.3, 0.4) is 0 Å². The first-order valence-corrected chi connectivity index (χ1v) is 8.28. The molecule has 0 N–H and O–H groups in total. The lowest BCUT2D eigenvalue weighted by molar-refractivity contribution is -0.126. The van der Waals surface area contributed by atoms with E-state index in [2.05, 4.69) is 0 Å². The van der Waals surface area contributed by atoms with Crippen molar-refractivity contribution in [1.29, 1.82) is 0 Å². The van der Waals surface area contributed by atoms with Crippen LogP contribution in [-0.2, 0) is 4.79 Å². The van der Waals surface area contributed by atoms with Gasteiger partial charge in [-0.25, -0.2) is 4.39 Å². The highest BCUT2D eigenvalue weighted by Crippen LogP contribution is 2.20.